The molecule has 3 nitrogen and oxygen atoms in total. The van der Waals surface area contributed by atoms with E-state index in [1.165, 1.54) is 4.88 Å². The fourth-order valence-corrected chi connectivity index (χ4v) is 4.11. The summed E-state index contributed by atoms with van der Waals surface area (Å²) in [6, 6.07) is 12.1. The number of para-hydroxylation sites is 1. The number of fused-ring (bicyclic) bond motifs is 2. The number of benzene rings is 1. The van der Waals surface area contributed by atoms with Crippen LogP contribution in [0, 0.1) is 0 Å². The molecular formula is C19H18N2OS. The predicted octanol–water partition coefficient (Wildman–Crippen LogP) is 4.06. The molecule has 1 aromatic carbocycles. The third-order valence-corrected chi connectivity index (χ3v) is 5.31. The molecular weight excluding hydrogens is 304 g/mol. The van der Waals surface area contributed by atoms with Crippen LogP contribution < -0.4 is 0 Å². The monoisotopic (exact) mass is 322 g/mol. The van der Waals surface area contributed by atoms with Crippen LogP contribution >= 0.6 is 11.3 Å². The van der Waals surface area contributed by atoms with Crippen LogP contribution in [0.2, 0.25) is 0 Å². The molecule has 0 atom stereocenters. The van der Waals surface area contributed by atoms with Crippen molar-refractivity contribution in [3.05, 3.63) is 63.5 Å². The van der Waals surface area contributed by atoms with Gasteiger partial charge in [0, 0.05) is 23.0 Å². The second-order valence-corrected chi connectivity index (χ2v) is 7.06. The lowest BCUT2D eigenvalue weighted by Gasteiger charge is -2.19. The Morgan fingerprint density at radius 2 is 2.09 bits per heavy atom. The molecule has 23 heavy (non-hydrogen) atoms. The van der Waals surface area contributed by atoms with E-state index in [0.29, 0.717) is 6.54 Å². The highest BCUT2D eigenvalue weighted by atomic mass is 32.1. The molecule has 2 heterocycles. The molecule has 4 heteroatoms. The Balaban J connectivity index is 1.79. The molecule has 1 aliphatic rings. The number of aryl methyl sites for hydroxylation is 1. The second-order valence-electron chi connectivity index (χ2n) is 6.02. The van der Waals surface area contributed by atoms with Crippen LogP contribution in [0.4, 0.5) is 0 Å². The maximum absolute atomic E-state index is 13.1. The van der Waals surface area contributed by atoms with Crippen LogP contribution in [-0.4, -0.2) is 22.8 Å². The van der Waals surface area contributed by atoms with Crippen molar-refractivity contribution >= 4 is 28.1 Å². The van der Waals surface area contributed by atoms with Crippen LogP contribution in [0.3, 0.4) is 0 Å². The quantitative estimate of drug-likeness (QED) is 0.728. The van der Waals surface area contributed by atoms with Gasteiger partial charge in [0.25, 0.3) is 5.91 Å². The highest BCUT2D eigenvalue weighted by Gasteiger charge is 2.25. The van der Waals surface area contributed by atoms with Gasteiger partial charge in [-0.25, -0.2) is 0 Å². The number of thiophene rings is 1. The van der Waals surface area contributed by atoms with E-state index in [-0.39, 0.29) is 5.91 Å². The van der Waals surface area contributed by atoms with E-state index in [0.717, 1.165) is 47.0 Å². The Morgan fingerprint density at radius 3 is 2.91 bits per heavy atom. The van der Waals surface area contributed by atoms with Crippen LogP contribution in [0.15, 0.2) is 41.8 Å². The zero-order valence-corrected chi connectivity index (χ0v) is 13.9. The topological polar surface area (TPSA) is 33.2 Å². The second kappa shape index (κ2) is 5.78. The van der Waals surface area contributed by atoms with Crippen molar-refractivity contribution in [2.45, 2.75) is 25.8 Å². The lowest BCUT2D eigenvalue weighted by Crippen LogP contribution is -2.27. The minimum absolute atomic E-state index is 0.107. The number of pyridine rings is 1. The average Bonchev–Trinajstić information content (AvgIpc) is 3.23. The van der Waals surface area contributed by atoms with Gasteiger partial charge in [-0.15, -0.1) is 11.3 Å². The SMILES string of the molecule is CN(Cc1cccs1)C(=O)c1c2c(nc3ccccc13)CCC2. The summed E-state index contributed by atoms with van der Waals surface area (Å²) in [5, 5.41) is 3.03. The first-order valence-electron chi connectivity index (χ1n) is 7.92. The molecule has 0 fully saturated rings. The third kappa shape index (κ3) is 2.53. The Hall–Kier alpha value is -2.20. The van der Waals surface area contributed by atoms with Gasteiger partial charge in [0.1, 0.15) is 0 Å². The van der Waals surface area contributed by atoms with Gasteiger partial charge in [0.2, 0.25) is 0 Å². The van der Waals surface area contributed by atoms with Crippen molar-refractivity contribution < 1.29 is 4.79 Å². The van der Waals surface area contributed by atoms with E-state index in [1.54, 1.807) is 11.3 Å². The molecule has 0 aliphatic heterocycles. The molecule has 1 amide bonds. The minimum atomic E-state index is 0.107. The highest BCUT2D eigenvalue weighted by molar-refractivity contribution is 7.09. The molecule has 1 aliphatic carbocycles. The molecule has 0 unspecified atom stereocenters. The summed E-state index contributed by atoms with van der Waals surface area (Å²) < 4.78 is 0. The van der Waals surface area contributed by atoms with Crippen LogP contribution in [0.5, 0.6) is 0 Å². The Kier molecular flexibility index (Phi) is 3.62. The third-order valence-electron chi connectivity index (χ3n) is 4.45. The van der Waals surface area contributed by atoms with Gasteiger partial charge in [-0.3, -0.25) is 9.78 Å². The normalized spacial score (nSPS) is 13.3. The number of nitrogens with zero attached hydrogens (tertiary/aromatic N) is 2. The first-order chi connectivity index (χ1) is 11.2. The summed E-state index contributed by atoms with van der Waals surface area (Å²) in [5.41, 5.74) is 4.06. The number of carbonyl (C=O) groups is 1. The lowest BCUT2D eigenvalue weighted by atomic mass is 10.00. The summed E-state index contributed by atoms with van der Waals surface area (Å²) in [5.74, 6) is 0.107. The smallest absolute Gasteiger partial charge is 0.254 e. The van der Waals surface area contributed by atoms with Crippen molar-refractivity contribution in [3.8, 4) is 0 Å². The number of aromatic nitrogens is 1. The van der Waals surface area contributed by atoms with Crippen LogP contribution in [0.1, 0.15) is 32.9 Å². The zero-order valence-electron chi connectivity index (χ0n) is 13.1. The standard InChI is InChI=1S/C19H18N2OS/c1-21(12-13-6-5-11-23-13)19(22)18-14-7-2-3-9-16(14)20-17-10-4-8-15(17)18/h2-3,5-7,9,11H,4,8,10,12H2,1H3. The van der Waals surface area contributed by atoms with Crippen LogP contribution in [0.25, 0.3) is 10.9 Å². The van der Waals surface area contributed by atoms with Crippen LogP contribution in [-0.2, 0) is 19.4 Å². The number of amides is 1. The summed E-state index contributed by atoms with van der Waals surface area (Å²) in [4.78, 5) is 20.9. The fourth-order valence-electron chi connectivity index (χ4n) is 3.35. The van der Waals surface area contributed by atoms with Gasteiger partial charge in [0.05, 0.1) is 17.6 Å². The van der Waals surface area contributed by atoms with Crippen molar-refractivity contribution in [2.75, 3.05) is 7.05 Å². The largest absolute Gasteiger partial charge is 0.337 e. The van der Waals surface area contributed by atoms with E-state index >= 15 is 0 Å². The molecule has 0 saturated heterocycles. The molecule has 4 rings (SSSR count). The Bertz CT molecular complexity index is 870. The summed E-state index contributed by atoms with van der Waals surface area (Å²) >= 11 is 1.69. The maximum atomic E-state index is 13.1. The van der Waals surface area contributed by atoms with Gasteiger partial charge < -0.3 is 4.90 Å². The Labute approximate surface area is 139 Å². The number of hydrogen-bond acceptors (Lipinski definition) is 3. The average molecular weight is 322 g/mol. The number of carbonyl (C=O) groups excluding carboxylic acids is 1. The summed E-state index contributed by atoms with van der Waals surface area (Å²) in [6.45, 7) is 0.655. The van der Waals surface area contributed by atoms with E-state index < -0.39 is 0 Å². The first-order valence-corrected chi connectivity index (χ1v) is 8.80. The van der Waals surface area contributed by atoms with Gasteiger partial charge in [-0.2, -0.15) is 0 Å². The Morgan fingerprint density at radius 1 is 1.22 bits per heavy atom. The molecule has 0 radical (unpaired) electrons. The van der Waals surface area contributed by atoms with Gasteiger partial charge in [-0.05, 0) is 42.3 Å². The van der Waals surface area contributed by atoms with E-state index in [1.807, 2.05) is 47.7 Å². The van der Waals surface area contributed by atoms with E-state index in [4.69, 9.17) is 4.98 Å². The number of hydrogen-bond donors (Lipinski definition) is 0. The maximum Gasteiger partial charge on any atom is 0.254 e. The fraction of sp³-hybridized carbons (Fsp3) is 0.263. The molecule has 0 spiro atoms. The zero-order chi connectivity index (χ0) is 15.8. The van der Waals surface area contributed by atoms with Crippen molar-refractivity contribution in [1.29, 1.82) is 0 Å². The molecule has 0 bridgehead atoms. The molecule has 116 valence electrons. The van der Waals surface area contributed by atoms with Gasteiger partial charge >= 0.3 is 0 Å². The lowest BCUT2D eigenvalue weighted by molar-refractivity contribution is 0.0787. The highest BCUT2D eigenvalue weighted by Crippen LogP contribution is 2.31. The first kappa shape index (κ1) is 14.4. The van der Waals surface area contributed by atoms with E-state index in [9.17, 15) is 4.79 Å². The van der Waals surface area contributed by atoms with Crippen molar-refractivity contribution in [3.63, 3.8) is 0 Å². The molecule has 0 N–H and O–H groups in total. The van der Waals surface area contributed by atoms with Crippen molar-refractivity contribution in [2.24, 2.45) is 0 Å². The molecule has 3 aromatic rings. The van der Waals surface area contributed by atoms with E-state index in [2.05, 4.69) is 6.07 Å². The predicted molar refractivity (Wildman–Crippen MR) is 93.9 cm³/mol. The molecule has 0 saturated carbocycles. The van der Waals surface area contributed by atoms with Gasteiger partial charge in [0.15, 0.2) is 0 Å². The summed E-state index contributed by atoms with van der Waals surface area (Å²) in [7, 11) is 1.89. The number of rotatable bonds is 3. The molecule has 2 aromatic heterocycles. The summed E-state index contributed by atoms with van der Waals surface area (Å²) in [6.07, 6.45) is 3.03. The van der Waals surface area contributed by atoms with Gasteiger partial charge in [-0.1, -0.05) is 24.3 Å². The minimum Gasteiger partial charge on any atom is -0.337 e. The van der Waals surface area contributed by atoms with Crippen molar-refractivity contribution in [1.82, 2.24) is 9.88 Å².